The van der Waals surface area contributed by atoms with Crippen LogP contribution in [0.5, 0.6) is 0 Å². The van der Waals surface area contributed by atoms with Gasteiger partial charge in [-0.15, -0.1) is 0 Å². The molecule has 1 aromatic carbocycles. The molecule has 0 saturated heterocycles. The van der Waals surface area contributed by atoms with Crippen LogP contribution in [0.2, 0.25) is 0 Å². The van der Waals surface area contributed by atoms with Crippen LogP contribution in [-0.2, 0) is 0 Å². The monoisotopic (exact) mass is 502 g/mol. The Labute approximate surface area is 215 Å². The molecule has 0 radical (unpaired) electrons. The minimum atomic E-state index is -0.830. The zero-order valence-electron chi connectivity index (χ0n) is 22.1. The topological polar surface area (TPSA) is 60.7 Å². The van der Waals surface area contributed by atoms with E-state index in [2.05, 4.69) is 20.8 Å². The second-order valence-corrected chi connectivity index (χ2v) is 13.1. The van der Waals surface area contributed by atoms with Crippen molar-refractivity contribution in [1.29, 1.82) is 0 Å². The van der Waals surface area contributed by atoms with E-state index in [1.54, 1.807) is 12.1 Å². The maximum atomic E-state index is 15.8. The SMILES string of the molecule is C[C@H](CCCC(O)c1cccc(F)c1)[C@H]1CC[C@H]2C3=C(F)C[C@H]4[C@@H](O)[C@@H](O)CC[C@]4(C)[C@H]3CC[C@]12C. The highest BCUT2D eigenvalue weighted by atomic mass is 19.1. The van der Waals surface area contributed by atoms with Crippen molar-refractivity contribution in [2.75, 3.05) is 0 Å². The quantitative estimate of drug-likeness (QED) is 0.398. The van der Waals surface area contributed by atoms with Crippen molar-refractivity contribution in [2.45, 2.75) is 103 Å². The molecule has 3 nitrogen and oxygen atoms in total. The van der Waals surface area contributed by atoms with Gasteiger partial charge >= 0.3 is 0 Å². The summed E-state index contributed by atoms with van der Waals surface area (Å²) in [5.74, 6) is 0.940. The molecule has 4 aliphatic rings. The van der Waals surface area contributed by atoms with Crippen LogP contribution in [-0.4, -0.2) is 27.5 Å². The molecular weight excluding hydrogens is 458 g/mol. The Morgan fingerprint density at radius 2 is 1.69 bits per heavy atom. The normalized spacial score (nSPS) is 41.9. The molecule has 4 aliphatic carbocycles. The first-order valence-corrected chi connectivity index (χ1v) is 14.2. The van der Waals surface area contributed by atoms with Gasteiger partial charge < -0.3 is 15.3 Å². The summed E-state index contributed by atoms with van der Waals surface area (Å²) in [6.07, 6.45) is 6.22. The summed E-state index contributed by atoms with van der Waals surface area (Å²) in [6.45, 7) is 6.95. The van der Waals surface area contributed by atoms with Crippen molar-refractivity contribution in [3.63, 3.8) is 0 Å². The van der Waals surface area contributed by atoms with Gasteiger partial charge in [-0.1, -0.05) is 45.7 Å². The van der Waals surface area contributed by atoms with E-state index in [9.17, 15) is 19.7 Å². The Morgan fingerprint density at radius 3 is 2.44 bits per heavy atom. The minimum Gasteiger partial charge on any atom is -0.390 e. The number of benzene rings is 1. The van der Waals surface area contributed by atoms with Crippen LogP contribution in [0.15, 0.2) is 35.7 Å². The molecule has 0 heterocycles. The molecule has 36 heavy (non-hydrogen) atoms. The van der Waals surface area contributed by atoms with Crippen LogP contribution in [0, 0.1) is 46.2 Å². The van der Waals surface area contributed by atoms with Crippen LogP contribution in [0.4, 0.5) is 8.78 Å². The van der Waals surface area contributed by atoms with Crippen molar-refractivity contribution < 1.29 is 24.1 Å². The highest BCUT2D eigenvalue weighted by molar-refractivity contribution is 5.31. The standard InChI is InChI=1S/C31H44F2O3/c1-18(6-4-9-26(34)19-7-5-8-20(32)16-19)21-10-11-22-28-23(12-14-30(21,22)2)31(3)15-13-27(35)29(36)24(31)17-25(28)33/h5,7-8,16,18,21-24,26-27,29,34-36H,4,6,9-15,17H2,1-3H3/t18-,21-,22+,23+,24+,26?,27+,29-,30-,31-/m1/s1. The fraction of sp³-hybridized carbons (Fsp3) is 0.742. The third kappa shape index (κ3) is 4.27. The van der Waals surface area contributed by atoms with E-state index in [1.807, 2.05) is 0 Å². The van der Waals surface area contributed by atoms with Crippen molar-refractivity contribution in [3.05, 3.63) is 47.0 Å². The lowest BCUT2D eigenvalue weighted by Crippen LogP contribution is -2.55. The van der Waals surface area contributed by atoms with Gasteiger partial charge in [-0.3, -0.25) is 0 Å². The third-order valence-electron chi connectivity index (χ3n) is 11.3. The van der Waals surface area contributed by atoms with E-state index in [0.29, 0.717) is 30.2 Å². The number of halogens is 2. The first-order chi connectivity index (χ1) is 17.1. The first kappa shape index (κ1) is 26.3. The molecule has 0 bridgehead atoms. The van der Waals surface area contributed by atoms with Crippen LogP contribution in [0.25, 0.3) is 0 Å². The molecule has 5 heteroatoms. The minimum absolute atomic E-state index is 0.00179. The number of fused-ring (bicyclic) bond motifs is 5. The molecule has 0 aromatic heterocycles. The van der Waals surface area contributed by atoms with Crippen molar-refractivity contribution >= 4 is 0 Å². The first-order valence-electron chi connectivity index (χ1n) is 14.2. The van der Waals surface area contributed by atoms with Gasteiger partial charge in [0.1, 0.15) is 11.6 Å². The number of hydrogen-bond donors (Lipinski definition) is 3. The molecule has 3 fully saturated rings. The number of hydrogen-bond acceptors (Lipinski definition) is 3. The average molecular weight is 503 g/mol. The Hall–Kier alpha value is -1.30. The van der Waals surface area contributed by atoms with E-state index in [0.717, 1.165) is 50.5 Å². The Morgan fingerprint density at radius 1 is 0.972 bits per heavy atom. The van der Waals surface area contributed by atoms with Crippen LogP contribution < -0.4 is 0 Å². The van der Waals surface area contributed by atoms with Crippen molar-refractivity contribution in [3.8, 4) is 0 Å². The molecule has 0 amide bonds. The predicted molar refractivity (Wildman–Crippen MR) is 137 cm³/mol. The number of rotatable bonds is 6. The summed E-state index contributed by atoms with van der Waals surface area (Å²) in [5, 5.41) is 31.5. The lowest BCUT2D eigenvalue weighted by atomic mass is 9.47. The molecule has 0 spiro atoms. The fourth-order valence-corrected chi connectivity index (χ4v) is 9.27. The van der Waals surface area contributed by atoms with E-state index in [1.165, 1.54) is 12.1 Å². The molecule has 1 unspecified atom stereocenters. The van der Waals surface area contributed by atoms with Crippen LogP contribution in [0.1, 0.15) is 96.6 Å². The van der Waals surface area contributed by atoms with E-state index >= 15 is 4.39 Å². The molecule has 5 rings (SSSR count). The summed E-state index contributed by atoms with van der Waals surface area (Å²) < 4.78 is 29.3. The summed E-state index contributed by atoms with van der Waals surface area (Å²) >= 11 is 0. The number of aliphatic hydroxyl groups is 3. The van der Waals surface area contributed by atoms with Gasteiger partial charge in [-0.25, -0.2) is 8.78 Å². The number of allylic oxidation sites excluding steroid dienone is 2. The van der Waals surface area contributed by atoms with E-state index < -0.39 is 18.3 Å². The van der Waals surface area contributed by atoms with Gasteiger partial charge in [-0.05, 0) is 109 Å². The highest BCUT2D eigenvalue weighted by Gasteiger charge is 2.61. The average Bonchev–Trinajstić information content (AvgIpc) is 3.20. The molecule has 1 aromatic rings. The van der Waals surface area contributed by atoms with Gasteiger partial charge in [0.15, 0.2) is 0 Å². The summed E-state index contributed by atoms with van der Waals surface area (Å²) in [5.41, 5.74) is 1.64. The summed E-state index contributed by atoms with van der Waals surface area (Å²) in [6, 6.07) is 6.24. The lowest BCUT2D eigenvalue weighted by molar-refractivity contribution is -0.128. The largest absolute Gasteiger partial charge is 0.390 e. The van der Waals surface area contributed by atoms with E-state index in [4.69, 9.17) is 0 Å². The van der Waals surface area contributed by atoms with Crippen molar-refractivity contribution in [1.82, 2.24) is 0 Å². The zero-order chi connectivity index (χ0) is 25.8. The van der Waals surface area contributed by atoms with Crippen LogP contribution in [0.3, 0.4) is 0 Å². The molecule has 0 aliphatic heterocycles. The fourth-order valence-electron chi connectivity index (χ4n) is 9.27. The molecular formula is C31H44F2O3. The van der Waals surface area contributed by atoms with Crippen LogP contribution >= 0.6 is 0 Å². The van der Waals surface area contributed by atoms with Gasteiger partial charge in [0.05, 0.1) is 18.3 Å². The zero-order valence-corrected chi connectivity index (χ0v) is 22.1. The smallest absolute Gasteiger partial charge is 0.123 e. The molecule has 200 valence electrons. The summed E-state index contributed by atoms with van der Waals surface area (Å²) in [7, 11) is 0. The summed E-state index contributed by atoms with van der Waals surface area (Å²) in [4.78, 5) is 0. The molecule has 3 N–H and O–H groups in total. The maximum absolute atomic E-state index is 15.8. The van der Waals surface area contributed by atoms with Gasteiger partial charge in [0.2, 0.25) is 0 Å². The van der Waals surface area contributed by atoms with Gasteiger partial charge in [0.25, 0.3) is 0 Å². The molecule has 3 saturated carbocycles. The second-order valence-electron chi connectivity index (χ2n) is 13.1. The van der Waals surface area contributed by atoms with Gasteiger partial charge in [0, 0.05) is 6.42 Å². The highest BCUT2D eigenvalue weighted by Crippen LogP contribution is 2.68. The Bertz CT molecular complexity index is 994. The molecule has 10 atom stereocenters. The third-order valence-corrected chi connectivity index (χ3v) is 11.3. The predicted octanol–water partition coefficient (Wildman–Crippen LogP) is 6.87. The maximum Gasteiger partial charge on any atom is 0.123 e. The van der Waals surface area contributed by atoms with Crippen molar-refractivity contribution in [2.24, 2.45) is 40.4 Å². The second kappa shape index (κ2) is 9.78. The Kier molecular flexibility index (Phi) is 7.15. The lowest BCUT2D eigenvalue weighted by Gasteiger charge is -2.59. The van der Waals surface area contributed by atoms with Gasteiger partial charge in [-0.2, -0.15) is 0 Å². The Balaban J connectivity index is 1.27. The van der Waals surface area contributed by atoms with E-state index in [-0.39, 0.29) is 46.6 Å². The number of aliphatic hydroxyl groups excluding tert-OH is 3.